The Kier molecular flexibility index (Phi) is 5.05. The summed E-state index contributed by atoms with van der Waals surface area (Å²) in [6.07, 6.45) is 1.91. The fourth-order valence-electron chi connectivity index (χ4n) is 3.47. The Morgan fingerprint density at radius 2 is 1.74 bits per heavy atom. The highest BCUT2D eigenvalue weighted by Gasteiger charge is 2.33. The standard InChI is InChI=1S/C19H18Cl2N2O3S/c20-17-8-7-15(12-18(17)21)26-14-5-3-13(4-6-14)16-2-1-9-23-10-11-27(24,25)22-19(16)23/h3-8,12,16H,1-2,9-11H2. The number of rotatable bonds is 3. The van der Waals surface area contributed by atoms with E-state index in [1.807, 2.05) is 24.3 Å². The Morgan fingerprint density at radius 1 is 1.00 bits per heavy atom. The summed E-state index contributed by atoms with van der Waals surface area (Å²) in [5, 5.41) is 0.911. The molecule has 0 amide bonds. The normalized spacial score (nSPS) is 21.3. The van der Waals surface area contributed by atoms with E-state index in [0.29, 0.717) is 33.9 Å². The van der Waals surface area contributed by atoms with Crippen LogP contribution < -0.4 is 4.74 Å². The average molecular weight is 425 g/mol. The molecule has 2 heterocycles. The molecule has 0 radical (unpaired) electrons. The van der Waals surface area contributed by atoms with E-state index in [4.69, 9.17) is 27.9 Å². The summed E-state index contributed by atoms with van der Waals surface area (Å²) in [4.78, 5) is 2.09. The van der Waals surface area contributed by atoms with Crippen LogP contribution in [-0.2, 0) is 10.0 Å². The molecule has 1 saturated heterocycles. The molecule has 4 rings (SSSR count). The van der Waals surface area contributed by atoms with Crippen LogP contribution in [0.1, 0.15) is 24.3 Å². The van der Waals surface area contributed by atoms with Crippen molar-refractivity contribution in [3.8, 4) is 11.5 Å². The maximum atomic E-state index is 11.9. The zero-order valence-electron chi connectivity index (χ0n) is 14.4. The number of sulfonamides is 1. The van der Waals surface area contributed by atoms with Crippen molar-refractivity contribution in [3.05, 3.63) is 58.1 Å². The van der Waals surface area contributed by atoms with E-state index >= 15 is 0 Å². The van der Waals surface area contributed by atoms with Crippen molar-refractivity contribution in [2.75, 3.05) is 18.8 Å². The number of hydrogen-bond donors (Lipinski definition) is 0. The van der Waals surface area contributed by atoms with Gasteiger partial charge in [0.25, 0.3) is 10.0 Å². The predicted molar refractivity (Wildman–Crippen MR) is 108 cm³/mol. The monoisotopic (exact) mass is 424 g/mol. The maximum Gasteiger partial charge on any atom is 0.256 e. The highest BCUT2D eigenvalue weighted by Crippen LogP contribution is 2.34. The molecule has 2 aromatic rings. The van der Waals surface area contributed by atoms with E-state index in [1.54, 1.807) is 18.2 Å². The molecule has 0 spiro atoms. The molecular weight excluding hydrogens is 407 g/mol. The van der Waals surface area contributed by atoms with Crippen molar-refractivity contribution in [1.29, 1.82) is 0 Å². The fraction of sp³-hybridized carbons (Fsp3) is 0.316. The summed E-state index contributed by atoms with van der Waals surface area (Å²) in [7, 11) is -3.35. The van der Waals surface area contributed by atoms with Crippen LogP contribution >= 0.6 is 23.2 Å². The number of amidine groups is 1. The van der Waals surface area contributed by atoms with Crippen molar-refractivity contribution >= 4 is 39.1 Å². The lowest BCUT2D eigenvalue weighted by atomic mass is 9.89. The van der Waals surface area contributed by atoms with E-state index in [9.17, 15) is 8.42 Å². The van der Waals surface area contributed by atoms with Gasteiger partial charge in [-0.2, -0.15) is 0 Å². The van der Waals surface area contributed by atoms with Crippen molar-refractivity contribution in [2.45, 2.75) is 18.8 Å². The summed E-state index contributed by atoms with van der Waals surface area (Å²) in [5.41, 5.74) is 1.04. The Hall–Kier alpha value is -1.76. The first-order valence-corrected chi connectivity index (χ1v) is 11.1. The highest BCUT2D eigenvalue weighted by molar-refractivity contribution is 7.90. The fourth-order valence-corrected chi connectivity index (χ4v) is 4.83. The molecular formula is C19H18Cl2N2O3S. The molecule has 0 aromatic heterocycles. The van der Waals surface area contributed by atoms with Crippen molar-refractivity contribution in [1.82, 2.24) is 4.90 Å². The summed E-state index contributed by atoms with van der Waals surface area (Å²) < 4.78 is 33.7. The number of piperidine rings is 1. The second-order valence-corrected chi connectivity index (χ2v) is 9.23. The second-order valence-electron chi connectivity index (χ2n) is 6.66. The molecule has 2 aliphatic heterocycles. The van der Waals surface area contributed by atoms with Crippen molar-refractivity contribution in [3.63, 3.8) is 0 Å². The SMILES string of the molecule is O=S1(=O)CCN2CCCC(c3ccc(Oc4ccc(Cl)c(Cl)c4)cc3)C2=N1. The van der Waals surface area contributed by atoms with Gasteiger partial charge in [-0.25, -0.2) is 8.42 Å². The first-order valence-electron chi connectivity index (χ1n) is 8.72. The van der Waals surface area contributed by atoms with Gasteiger partial charge in [0.15, 0.2) is 0 Å². The molecule has 1 fully saturated rings. The van der Waals surface area contributed by atoms with Gasteiger partial charge < -0.3 is 9.64 Å². The van der Waals surface area contributed by atoms with Crippen LogP contribution in [-0.4, -0.2) is 38.0 Å². The zero-order chi connectivity index (χ0) is 19.0. The first-order chi connectivity index (χ1) is 12.9. The Labute approximate surface area is 168 Å². The molecule has 1 atom stereocenters. The molecule has 2 aromatic carbocycles. The lowest BCUT2D eigenvalue weighted by molar-refractivity contribution is 0.366. The molecule has 8 heteroatoms. The van der Waals surface area contributed by atoms with E-state index in [2.05, 4.69) is 9.30 Å². The zero-order valence-corrected chi connectivity index (χ0v) is 16.8. The number of ether oxygens (including phenoxy) is 1. The summed E-state index contributed by atoms with van der Waals surface area (Å²) in [6.45, 7) is 1.39. The molecule has 0 aliphatic carbocycles. The van der Waals surface area contributed by atoms with Gasteiger partial charge in [-0.15, -0.1) is 4.40 Å². The van der Waals surface area contributed by atoms with Crippen LogP contribution in [0.15, 0.2) is 46.9 Å². The summed E-state index contributed by atoms with van der Waals surface area (Å²) in [6, 6.07) is 12.8. The number of halogens is 2. The van der Waals surface area contributed by atoms with Crippen LogP contribution in [0.4, 0.5) is 0 Å². The quantitative estimate of drug-likeness (QED) is 0.715. The third-order valence-corrected chi connectivity index (χ3v) is 6.72. The van der Waals surface area contributed by atoms with E-state index < -0.39 is 10.0 Å². The highest BCUT2D eigenvalue weighted by atomic mass is 35.5. The van der Waals surface area contributed by atoms with Crippen LogP contribution in [0, 0.1) is 0 Å². The molecule has 0 bridgehead atoms. The molecule has 142 valence electrons. The van der Waals surface area contributed by atoms with E-state index in [1.165, 1.54) is 0 Å². The number of hydrogen-bond acceptors (Lipinski definition) is 4. The predicted octanol–water partition coefficient (Wildman–Crippen LogP) is 4.71. The number of fused-ring (bicyclic) bond motifs is 1. The van der Waals surface area contributed by atoms with E-state index in [-0.39, 0.29) is 11.7 Å². The second kappa shape index (κ2) is 7.34. The minimum atomic E-state index is -3.35. The van der Waals surface area contributed by atoms with Gasteiger partial charge in [-0.05, 0) is 42.7 Å². The van der Waals surface area contributed by atoms with Crippen LogP contribution in [0.3, 0.4) is 0 Å². The van der Waals surface area contributed by atoms with Gasteiger partial charge in [0, 0.05) is 25.1 Å². The summed E-state index contributed by atoms with van der Waals surface area (Å²) >= 11 is 11.9. The topological polar surface area (TPSA) is 59.0 Å². The largest absolute Gasteiger partial charge is 0.457 e. The molecule has 1 unspecified atom stereocenters. The summed E-state index contributed by atoms with van der Waals surface area (Å²) in [5.74, 6) is 2.03. The minimum Gasteiger partial charge on any atom is -0.457 e. The maximum absolute atomic E-state index is 11.9. The van der Waals surface area contributed by atoms with Gasteiger partial charge in [-0.3, -0.25) is 0 Å². The Balaban J connectivity index is 1.56. The van der Waals surface area contributed by atoms with Gasteiger partial charge in [0.1, 0.15) is 17.3 Å². The smallest absolute Gasteiger partial charge is 0.256 e. The number of nitrogens with zero attached hydrogens (tertiary/aromatic N) is 2. The average Bonchev–Trinajstić information content (AvgIpc) is 2.64. The lowest BCUT2D eigenvalue weighted by Crippen LogP contribution is -2.46. The van der Waals surface area contributed by atoms with Crippen molar-refractivity contribution < 1.29 is 13.2 Å². The Morgan fingerprint density at radius 3 is 2.48 bits per heavy atom. The molecule has 27 heavy (non-hydrogen) atoms. The molecule has 0 saturated carbocycles. The van der Waals surface area contributed by atoms with Gasteiger partial charge in [-0.1, -0.05) is 35.3 Å². The molecule has 2 aliphatic rings. The van der Waals surface area contributed by atoms with E-state index in [0.717, 1.165) is 24.9 Å². The lowest BCUT2D eigenvalue weighted by Gasteiger charge is -2.37. The first kappa shape index (κ1) is 18.6. The minimum absolute atomic E-state index is 0.00662. The van der Waals surface area contributed by atoms with Crippen LogP contribution in [0.5, 0.6) is 11.5 Å². The third kappa shape index (κ3) is 4.08. The number of benzene rings is 2. The Bertz CT molecular complexity index is 991. The molecule has 0 N–H and O–H groups in total. The van der Waals surface area contributed by atoms with Crippen molar-refractivity contribution in [2.24, 2.45) is 4.40 Å². The van der Waals surface area contributed by atoms with Crippen LogP contribution in [0.2, 0.25) is 10.0 Å². The van der Waals surface area contributed by atoms with Crippen LogP contribution in [0.25, 0.3) is 0 Å². The third-order valence-electron chi connectivity index (χ3n) is 4.82. The van der Waals surface area contributed by atoms with Gasteiger partial charge in [0.2, 0.25) is 0 Å². The van der Waals surface area contributed by atoms with Gasteiger partial charge in [0.05, 0.1) is 15.8 Å². The van der Waals surface area contributed by atoms with Gasteiger partial charge >= 0.3 is 0 Å². The molecule has 5 nitrogen and oxygen atoms in total.